The number of benzene rings is 16. The molecule has 5 nitrogen and oxygen atoms in total. The second-order valence-corrected chi connectivity index (χ2v) is 37.6. The van der Waals surface area contributed by atoms with E-state index >= 15 is 4.21 Å². The molecule has 0 radical (unpaired) electrons. The van der Waals surface area contributed by atoms with Crippen molar-refractivity contribution >= 4 is 77.3 Å². The molecule has 1 spiro atoms. The molecule has 0 N–H and O–H groups in total. The lowest BCUT2D eigenvalue weighted by atomic mass is 9.73. The lowest BCUT2D eigenvalue weighted by Gasteiger charge is -2.42. The molecule has 0 amide bonds. The predicted molar refractivity (Wildman–Crippen MR) is 474 cm³/mol. The standard InChI is InChI=1S/C108H84N4OS/c1-105(2)85-25-9-17-33-93(85)109(94-34-18-10-26-86(94)105)77-53-41-69(42-54-77)73-49-61-101-81(65-73)82-66-74(70-43-55-78(56-44-70)110-95-35-19-11-27-87(95)106(3,4)88-28-12-20-36-96(88)110)50-62-102(82)114(101,113)103-63-51-75(71-45-57-79(58-46-71)111-97-37-21-13-29-89(97)107(5,6)90-30-14-22-38-98(90)111)67-83(103)84-68-76(52-64-104(84)114)72-47-59-80(60-48-72)112-99-39-23-15-31-91(99)108(7,8)92-32-16-24-40-100(92)112/h9-68H,1-8H3. The van der Waals surface area contributed by atoms with Gasteiger partial charge in [0.1, 0.15) is 0 Å². The molecule has 6 aliphatic rings. The molecule has 16 aromatic rings. The van der Waals surface area contributed by atoms with Crippen molar-refractivity contribution in [3.63, 3.8) is 0 Å². The van der Waals surface area contributed by atoms with Gasteiger partial charge in [-0.05, 0) is 257 Å². The van der Waals surface area contributed by atoms with Crippen molar-refractivity contribution in [1.29, 1.82) is 0 Å². The maximum Gasteiger partial charge on any atom is 0.0502 e. The number of anilines is 12. The van der Waals surface area contributed by atoms with Gasteiger partial charge in [-0.2, -0.15) is 0 Å². The van der Waals surface area contributed by atoms with Crippen molar-refractivity contribution in [2.24, 2.45) is 0 Å². The van der Waals surface area contributed by atoms with Crippen molar-refractivity contribution in [2.45, 2.75) is 96.6 Å². The highest BCUT2D eigenvalue weighted by Gasteiger charge is 2.58. The van der Waals surface area contributed by atoms with Crippen LogP contribution in [0.3, 0.4) is 0 Å². The first-order valence-corrected chi connectivity index (χ1v) is 42.0. The summed E-state index contributed by atoms with van der Waals surface area (Å²) in [5, 5.41) is 0. The molecule has 0 bridgehead atoms. The fourth-order valence-corrected chi connectivity index (χ4v) is 25.8. The Morgan fingerprint density at radius 1 is 0.184 bits per heavy atom. The van der Waals surface area contributed by atoms with E-state index < -0.39 is 9.07 Å². The fourth-order valence-electron chi connectivity index (χ4n) is 20.8. The van der Waals surface area contributed by atoms with Crippen molar-refractivity contribution < 1.29 is 4.21 Å². The van der Waals surface area contributed by atoms with Gasteiger partial charge < -0.3 is 19.6 Å². The molecule has 0 fully saturated rings. The van der Waals surface area contributed by atoms with Crippen molar-refractivity contribution in [1.82, 2.24) is 0 Å². The molecule has 0 aliphatic carbocycles. The summed E-state index contributed by atoms with van der Waals surface area (Å²) in [4.78, 5) is 13.0. The van der Waals surface area contributed by atoms with Gasteiger partial charge in [-0.1, -0.05) is 274 Å². The van der Waals surface area contributed by atoms with E-state index in [0.29, 0.717) is 0 Å². The molecular weight excluding hydrogens is 1400 g/mol. The van der Waals surface area contributed by atoms with Crippen LogP contribution in [0.2, 0.25) is 0 Å². The van der Waals surface area contributed by atoms with Crippen LogP contribution in [0.1, 0.15) is 99.9 Å². The number of para-hydroxylation sites is 8. The summed E-state index contributed by atoms with van der Waals surface area (Å²) in [6, 6.07) is 134. The molecule has 0 saturated carbocycles. The van der Waals surface area contributed by atoms with Crippen LogP contribution in [0.4, 0.5) is 68.2 Å². The molecule has 548 valence electrons. The van der Waals surface area contributed by atoms with Gasteiger partial charge >= 0.3 is 0 Å². The van der Waals surface area contributed by atoms with Crippen LogP contribution >= 0.6 is 0 Å². The van der Waals surface area contributed by atoms with Crippen molar-refractivity contribution in [3.8, 4) is 66.8 Å². The Labute approximate surface area is 668 Å². The number of nitrogens with zero attached hydrogens (tertiary/aromatic N) is 4. The first-order chi connectivity index (χ1) is 55.4. The Hall–Kier alpha value is -13.1. The zero-order chi connectivity index (χ0) is 77.0. The third kappa shape index (κ3) is 9.31. The fraction of sp³-hybridized carbons (Fsp3) is 0.111. The second kappa shape index (κ2) is 24.2. The van der Waals surface area contributed by atoms with Crippen LogP contribution in [0.5, 0.6) is 0 Å². The Morgan fingerprint density at radius 2 is 0.333 bits per heavy atom. The van der Waals surface area contributed by atoms with Crippen LogP contribution in [-0.2, 0) is 30.7 Å². The first-order valence-electron chi connectivity index (χ1n) is 40.0. The minimum atomic E-state index is -4.51. The molecule has 0 saturated heterocycles. The summed E-state index contributed by atoms with van der Waals surface area (Å²) < 4.78 is 19.3. The summed E-state index contributed by atoms with van der Waals surface area (Å²) in [6.45, 7) is 18.7. The van der Waals surface area contributed by atoms with Gasteiger partial charge in [0.25, 0.3) is 0 Å². The minimum Gasteiger partial charge on any atom is -0.310 e. The minimum absolute atomic E-state index is 0.178. The molecular formula is C108H84N4OS. The molecule has 6 aliphatic heterocycles. The van der Waals surface area contributed by atoms with Crippen LogP contribution in [0.15, 0.2) is 384 Å². The molecule has 0 atom stereocenters. The van der Waals surface area contributed by atoms with Gasteiger partial charge in [-0.25, -0.2) is 0 Å². The summed E-state index contributed by atoms with van der Waals surface area (Å²) in [7, 11) is -4.51. The van der Waals surface area contributed by atoms with Gasteiger partial charge in [0.05, 0.1) is 45.5 Å². The highest BCUT2D eigenvalue weighted by molar-refractivity contribution is 8.21. The van der Waals surface area contributed by atoms with E-state index in [0.717, 1.165) is 109 Å². The lowest BCUT2D eigenvalue weighted by molar-refractivity contribution is 0.632. The number of hydrogen-bond acceptors (Lipinski definition) is 5. The van der Waals surface area contributed by atoms with Gasteiger partial charge in [-0.3, -0.25) is 4.21 Å². The van der Waals surface area contributed by atoms with E-state index in [1.54, 1.807) is 0 Å². The SMILES string of the molecule is CC1(C)c2ccccc2N(c2ccc(-c3ccc4c(c3)-c3cc(-c5ccc(N6c7ccccc7C(C)(C)c7ccccc76)cc5)ccc3S43(=O)c4ccc(-c5ccc(N6c7ccccc7C(C)(C)c7ccccc76)cc5)cc4-c4cc(-c5ccc(N6c7ccccc7C(C)(C)c7ccccc76)cc5)ccc43)cc2)c2ccccc21. The van der Waals surface area contributed by atoms with E-state index in [-0.39, 0.29) is 21.7 Å². The molecule has 0 unspecified atom stereocenters. The monoisotopic (exact) mass is 1480 g/mol. The van der Waals surface area contributed by atoms with E-state index in [1.807, 2.05) is 0 Å². The number of rotatable bonds is 8. The predicted octanol–water partition coefficient (Wildman–Crippen LogP) is 29.1. The maximum absolute atomic E-state index is 19.3. The van der Waals surface area contributed by atoms with Crippen LogP contribution < -0.4 is 19.6 Å². The van der Waals surface area contributed by atoms with E-state index in [1.165, 1.54) is 90.0 Å². The molecule has 22 rings (SSSR count). The Balaban J connectivity index is 0.715. The van der Waals surface area contributed by atoms with Crippen LogP contribution in [-0.4, -0.2) is 4.21 Å². The highest BCUT2D eigenvalue weighted by Crippen LogP contribution is 2.72. The quantitative estimate of drug-likeness (QED) is 0.151. The molecule has 16 aromatic carbocycles. The topological polar surface area (TPSA) is 30.0 Å². The summed E-state index contributed by atoms with van der Waals surface area (Å²) >= 11 is 0. The normalized spacial score (nSPS) is 16.5. The zero-order valence-corrected chi connectivity index (χ0v) is 66.1. The van der Waals surface area contributed by atoms with Gasteiger partial charge in [0.2, 0.25) is 0 Å². The molecule has 6 heteroatoms. The average Bonchev–Trinajstić information content (AvgIpc) is 1.47. The Bertz CT molecular complexity index is 5800. The summed E-state index contributed by atoms with van der Waals surface area (Å²) in [6.07, 6.45) is 0. The van der Waals surface area contributed by atoms with Crippen LogP contribution in [0.25, 0.3) is 66.8 Å². The third-order valence-electron chi connectivity index (χ3n) is 26.6. The molecule has 6 heterocycles. The second-order valence-electron chi connectivity index (χ2n) is 34.0. The first kappa shape index (κ1) is 67.7. The Morgan fingerprint density at radius 3 is 0.500 bits per heavy atom. The number of hydrogen-bond donors (Lipinski definition) is 0. The van der Waals surface area contributed by atoms with Gasteiger partial charge in [0.15, 0.2) is 0 Å². The maximum atomic E-state index is 19.3. The van der Waals surface area contributed by atoms with Gasteiger partial charge in [-0.15, -0.1) is 0 Å². The van der Waals surface area contributed by atoms with Crippen molar-refractivity contribution in [2.75, 3.05) is 19.6 Å². The van der Waals surface area contributed by atoms with Crippen LogP contribution in [0, 0.1) is 0 Å². The van der Waals surface area contributed by atoms with E-state index in [4.69, 9.17) is 0 Å². The highest BCUT2D eigenvalue weighted by atomic mass is 32.3. The summed E-state index contributed by atoms with van der Waals surface area (Å²) in [5.74, 6) is 0. The zero-order valence-electron chi connectivity index (χ0n) is 65.2. The summed E-state index contributed by atoms with van der Waals surface area (Å²) in [5.41, 5.74) is 35.9. The van der Waals surface area contributed by atoms with Gasteiger partial charge in [0, 0.05) is 73.1 Å². The largest absolute Gasteiger partial charge is 0.310 e. The van der Waals surface area contributed by atoms with E-state index in [2.05, 4.69) is 439 Å². The Kier molecular flexibility index (Phi) is 14.4. The number of fused-ring (bicyclic) bond motifs is 18. The molecule has 114 heavy (non-hydrogen) atoms. The van der Waals surface area contributed by atoms with Crippen molar-refractivity contribution in [3.05, 3.63) is 408 Å². The molecule has 0 aromatic heterocycles. The lowest BCUT2D eigenvalue weighted by Crippen LogP contribution is -2.30. The van der Waals surface area contributed by atoms with E-state index in [9.17, 15) is 0 Å². The smallest absolute Gasteiger partial charge is 0.0502 e. The average molecular weight is 1490 g/mol. The third-order valence-corrected chi connectivity index (χ3v) is 31.3.